The molecule has 0 spiro atoms. The third kappa shape index (κ3) is 4.71. The third-order valence-corrected chi connectivity index (χ3v) is 4.46. The first-order valence-electron chi connectivity index (χ1n) is 8.65. The number of ketones is 1. The highest BCUT2D eigenvalue weighted by Crippen LogP contribution is 2.33. The molecule has 0 fully saturated rings. The van der Waals surface area contributed by atoms with E-state index in [2.05, 4.69) is 5.32 Å². The van der Waals surface area contributed by atoms with Crippen LogP contribution >= 0.6 is 0 Å². The van der Waals surface area contributed by atoms with Crippen LogP contribution in [0, 0.1) is 0 Å². The molecule has 0 unspecified atom stereocenters. The smallest absolute Gasteiger partial charge is 0.416 e. The Morgan fingerprint density at radius 1 is 1.17 bits per heavy atom. The predicted octanol–water partition coefficient (Wildman–Crippen LogP) is 4.20. The molecule has 8 heteroatoms. The van der Waals surface area contributed by atoms with Gasteiger partial charge in [-0.3, -0.25) is 9.59 Å². The lowest BCUT2D eigenvalue weighted by Gasteiger charge is -2.07. The van der Waals surface area contributed by atoms with Crippen LogP contribution in [-0.2, 0) is 20.5 Å². The van der Waals surface area contributed by atoms with E-state index in [4.69, 9.17) is 4.74 Å². The number of carbonyl (C=O) groups is 3. The molecule has 2 aromatic rings. The molecule has 0 radical (unpaired) electrons. The minimum atomic E-state index is -4.48. The summed E-state index contributed by atoms with van der Waals surface area (Å²) in [4.78, 5) is 35.7. The summed E-state index contributed by atoms with van der Waals surface area (Å²) in [6, 6.07) is 9.17. The zero-order valence-corrected chi connectivity index (χ0v) is 15.2. The number of anilines is 1. The number of benzene rings is 2. The molecule has 1 N–H and O–H groups in total. The van der Waals surface area contributed by atoms with Crippen LogP contribution in [0.4, 0.5) is 18.9 Å². The highest BCUT2D eigenvalue weighted by Gasteiger charge is 2.30. The van der Waals surface area contributed by atoms with Gasteiger partial charge in [-0.15, -0.1) is 0 Å². The van der Waals surface area contributed by atoms with E-state index in [1.165, 1.54) is 24.3 Å². The van der Waals surface area contributed by atoms with Crippen LogP contribution in [0.25, 0.3) is 6.08 Å². The molecule has 0 saturated carbocycles. The van der Waals surface area contributed by atoms with Gasteiger partial charge in [-0.1, -0.05) is 12.1 Å². The van der Waals surface area contributed by atoms with Gasteiger partial charge in [0.05, 0.1) is 11.5 Å². The first kappa shape index (κ1) is 20.3. The topological polar surface area (TPSA) is 72.5 Å². The van der Waals surface area contributed by atoms with Crippen molar-refractivity contribution in [2.75, 3.05) is 11.9 Å². The Kier molecular flexibility index (Phi) is 5.54. The van der Waals surface area contributed by atoms with Crippen LogP contribution in [-0.4, -0.2) is 24.3 Å². The van der Waals surface area contributed by atoms with Gasteiger partial charge in [0, 0.05) is 17.3 Å². The molecule has 0 bridgehead atoms. The number of amides is 1. The van der Waals surface area contributed by atoms with E-state index in [1.807, 2.05) is 0 Å². The molecule has 0 saturated heterocycles. The molecule has 1 atom stereocenters. The van der Waals surface area contributed by atoms with Gasteiger partial charge >= 0.3 is 12.1 Å². The van der Waals surface area contributed by atoms with Gasteiger partial charge in [0.15, 0.2) is 12.4 Å². The van der Waals surface area contributed by atoms with Crippen LogP contribution in [0.15, 0.2) is 48.5 Å². The van der Waals surface area contributed by atoms with Crippen molar-refractivity contribution in [3.8, 4) is 0 Å². The molecule has 1 aliphatic rings. The minimum Gasteiger partial charge on any atom is -0.454 e. The normalized spacial score (nSPS) is 15.9. The molecule has 1 amide bonds. The van der Waals surface area contributed by atoms with Gasteiger partial charge in [-0.05, 0) is 54.5 Å². The van der Waals surface area contributed by atoms with Crippen molar-refractivity contribution in [1.82, 2.24) is 0 Å². The van der Waals surface area contributed by atoms with E-state index in [1.54, 1.807) is 19.1 Å². The monoisotopic (exact) mass is 403 g/mol. The number of Topliss-reactive ketones (excluding diaryl/α,β-unsaturated/α-hetero) is 1. The third-order valence-electron chi connectivity index (χ3n) is 4.46. The van der Waals surface area contributed by atoms with Crippen molar-refractivity contribution in [2.24, 2.45) is 0 Å². The number of rotatable bonds is 5. The molecular formula is C21H16F3NO4. The zero-order chi connectivity index (χ0) is 21.2. The van der Waals surface area contributed by atoms with Crippen molar-refractivity contribution in [3.05, 3.63) is 70.8 Å². The molecule has 2 aromatic carbocycles. The Morgan fingerprint density at radius 2 is 1.93 bits per heavy atom. The highest BCUT2D eigenvalue weighted by molar-refractivity contribution is 6.05. The van der Waals surface area contributed by atoms with Crippen LogP contribution < -0.4 is 5.32 Å². The summed E-state index contributed by atoms with van der Waals surface area (Å²) < 4.78 is 42.9. The van der Waals surface area contributed by atoms with Crippen molar-refractivity contribution in [2.45, 2.75) is 19.0 Å². The van der Waals surface area contributed by atoms with Crippen LogP contribution in [0.3, 0.4) is 0 Å². The van der Waals surface area contributed by atoms with Gasteiger partial charge < -0.3 is 10.1 Å². The molecular weight excluding hydrogens is 387 g/mol. The van der Waals surface area contributed by atoms with Gasteiger partial charge in [0.1, 0.15) is 0 Å². The fourth-order valence-electron chi connectivity index (χ4n) is 2.84. The first-order chi connectivity index (χ1) is 13.6. The standard InChI is InChI=1S/C21H16F3NO4/c1-12-16-10-14(6-7-17(16)25-20(12)28)18(26)11-29-19(27)8-5-13-3-2-4-15(9-13)21(22,23)24/h2-10,12H,11H2,1H3,(H,25,28)/b8-5+/t12-/m1/s1. The zero-order valence-electron chi connectivity index (χ0n) is 15.2. The number of halogens is 3. The molecule has 29 heavy (non-hydrogen) atoms. The van der Waals surface area contributed by atoms with Crippen molar-refractivity contribution < 1.29 is 32.3 Å². The minimum absolute atomic E-state index is 0.157. The van der Waals surface area contributed by atoms with Gasteiger partial charge in [-0.25, -0.2) is 4.79 Å². The Bertz CT molecular complexity index is 1010. The summed E-state index contributed by atoms with van der Waals surface area (Å²) in [5.74, 6) is -1.85. The summed E-state index contributed by atoms with van der Waals surface area (Å²) in [7, 11) is 0. The largest absolute Gasteiger partial charge is 0.454 e. The van der Waals surface area contributed by atoms with Crippen LogP contribution in [0.2, 0.25) is 0 Å². The van der Waals surface area contributed by atoms with E-state index in [9.17, 15) is 27.6 Å². The van der Waals surface area contributed by atoms with E-state index in [0.29, 0.717) is 16.8 Å². The van der Waals surface area contributed by atoms with Crippen molar-refractivity contribution in [1.29, 1.82) is 0 Å². The quantitative estimate of drug-likeness (QED) is 0.461. The number of fused-ring (bicyclic) bond motifs is 1. The second-order valence-electron chi connectivity index (χ2n) is 6.50. The summed E-state index contributed by atoms with van der Waals surface area (Å²) in [6.07, 6.45) is -2.35. The van der Waals surface area contributed by atoms with Gasteiger partial charge in [0.2, 0.25) is 5.91 Å². The molecule has 0 aliphatic carbocycles. The Balaban J connectivity index is 1.59. The first-order valence-corrected chi connectivity index (χ1v) is 8.65. The highest BCUT2D eigenvalue weighted by atomic mass is 19.4. The second kappa shape index (κ2) is 7.90. The maximum atomic E-state index is 12.7. The average Bonchev–Trinajstić information content (AvgIpc) is 2.97. The number of esters is 1. The predicted molar refractivity (Wildman–Crippen MR) is 99.3 cm³/mol. The second-order valence-corrected chi connectivity index (χ2v) is 6.50. The Labute approximate surface area is 164 Å². The van der Waals surface area contributed by atoms with E-state index in [-0.39, 0.29) is 17.4 Å². The number of hydrogen-bond donors (Lipinski definition) is 1. The number of ether oxygens (including phenoxy) is 1. The van der Waals surface area contributed by atoms with Crippen LogP contribution in [0.1, 0.15) is 39.9 Å². The fourth-order valence-corrected chi connectivity index (χ4v) is 2.84. The molecule has 3 rings (SSSR count). The summed E-state index contributed by atoms with van der Waals surface area (Å²) in [5.41, 5.74) is 0.966. The van der Waals surface area contributed by atoms with Crippen LogP contribution in [0.5, 0.6) is 0 Å². The molecule has 5 nitrogen and oxygen atoms in total. The summed E-state index contributed by atoms with van der Waals surface area (Å²) >= 11 is 0. The maximum absolute atomic E-state index is 12.7. The Hall–Kier alpha value is -3.42. The van der Waals surface area contributed by atoms with Crippen molar-refractivity contribution in [3.63, 3.8) is 0 Å². The maximum Gasteiger partial charge on any atom is 0.416 e. The van der Waals surface area contributed by atoms with Gasteiger partial charge in [0.25, 0.3) is 0 Å². The summed E-state index contributed by atoms with van der Waals surface area (Å²) in [5, 5.41) is 2.69. The lowest BCUT2D eigenvalue weighted by molar-refractivity contribution is -0.138. The van der Waals surface area contributed by atoms with E-state index >= 15 is 0 Å². The van der Waals surface area contributed by atoms with E-state index < -0.39 is 30.1 Å². The molecule has 150 valence electrons. The molecule has 1 heterocycles. The van der Waals surface area contributed by atoms with E-state index in [0.717, 1.165) is 18.2 Å². The molecule has 0 aromatic heterocycles. The molecule has 1 aliphatic heterocycles. The lowest BCUT2D eigenvalue weighted by Crippen LogP contribution is -2.13. The number of carbonyl (C=O) groups excluding carboxylic acids is 3. The Morgan fingerprint density at radius 3 is 2.66 bits per heavy atom. The van der Waals surface area contributed by atoms with Crippen molar-refractivity contribution >= 4 is 29.4 Å². The summed E-state index contributed by atoms with van der Waals surface area (Å²) in [6.45, 7) is 1.19. The number of hydrogen-bond acceptors (Lipinski definition) is 4. The number of nitrogens with one attached hydrogen (secondary N) is 1. The SMILES string of the molecule is C[C@H]1C(=O)Nc2ccc(C(=O)COC(=O)/C=C/c3cccc(C(F)(F)F)c3)cc21. The fraction of sp³-hybridized carbons (Fsp3) is 0.190. The lowest BCUT2D eigenvalue weighted by atomic mass is 9.99. The van der Waals surface area contributed by atoms with Gasteiger partial charge in [-0.2, -0.15) is 13.2 Å². The average molecular weight is 403 g/mol. The number of alkyl halides is 3.